The molecule has 1 heterocycles. The molecule has 0 saturated carbocycles. The first-order valence-corrected chi connectivity index (χ1v) is 5.19. The molecule has 0 aliphatic rings. The number of aryl methyl sites for hydroxylation is 1. The number of benzene rings is 1. The van der Waals surface area contributed by atoms with E-state index >= 15 is 0 Å². The van der Waals surface area contributed by atoms with Crippen LogP contribution in [0.5, 0.6) is 6.01 Å². The molecule has 2 rings (SSSR count). The fourth-order valence-electron chi connectivity index (χ4n) is 1.60. The molecule has 4 heteroatoms. The van der Waals surface area contributed by atoms with Gasteiger partial charge in [0.2, 0.25) is 0 Å². The molecule has 0 unspecified atom stereocenters. The number of hydrogen-bond acceptors (Lipinski definition) is 4. The maximum absolute atomic E-state index is 11.0. The lowest BCUT2D eigenvalue weighted by Crippen LogP contribution is -1.97. The van der Waals surface area contributed by atoms with E-state index in [1.165, 1.54) is 7.11 Å². The lowest BCUT2D eigenvalue weighted by atomic mass is 10.1. The van der Waals surface area contributed by atoms with E-state index < -0.39 is 0 Å². The summed E-state index contributed by atoms with van der Waals surface area (Å²) in [6, 6.07) is 9.42. The van der Waals surface area contributed by atoms with Gasteiger partial charge in [0.25, 0.3) is 0 Å². The second kappa shape index (κ2) is 4.74. The van der Waals surface area contributed by atoms with Crippen molar-refractivity contribution in [2.24, 2.45) is 0 Å². The highest BCUT2D eigenvalue weighted by atomic mass is 16.5. The van der Waals surface area contributed by atoms with Crippen LogP contribution in [0.25, 0.3) is 11.3 Å². The molecule has 0 spiro atoms. The van der Waals surface area contributed by atoms with Crippen LogP contribution in [0.2, 0.25) is 0 Å². The number of rotatable bonds is 3. The molecule has 4 nitrogen and oxygen atoms in total. The molecule has 0 aliphatic carbocycles. The number of nitrogens with zero attached hydrogens (tertiary/aromatic N) is 2. The Hall–Kier alpha value is -2.23. The first-order chi connectivity index (χ1) is 8.24. The second-order valence-corrected chi connectivity index (χ2v) is 3.59. The van der Waals surface area contributed by atoms with Crippen molar-refractivity contribution < 1.29 is 9.53 Å². The third-order valence-electron chi connectivity index (χ3n) is 2.38. The Bertz CT molecular complexity index is 553. The third-order valence-corrected chi connectivity index (χ3v) is 2.38. The summed E-state index contributed by atoms with van der Waals surface area (Å²) in [5, 5.41) is 0. The van der Waals surface area contributed by atoms with Crippen LogP contribution in [0.1, 0.15) is 16.1 Å². The number of hydrogen-bond donors (Lipinski definition) is 0. The molecule has 1 aromatic carbocycles. The number of carbonyl (C=O) groups excluding carboxylic acids is 1. The van der Waals surface area contributed by atoms with Crippen LogP contribution in [-0.4, -0.2) is 23.4 Å². The van der Waals surface area contributed by atoms with Crippen molar-refractivity contribution in [3.05, 3.63) is 41.6 Å². The number of ether oxygens (including phenoxy) is 1. The quantitative estimate of drug-likeness (QED) is 0.756. The van der Waals surface area contributed by atoms with Crippen LogP contribution in [0, 0.1) is 6.92 Å². The Balaban J connectivity index is 2.59. The molecular weight excluding hydrogens is 216 g/mol. The predicted octanol–water partition coefficient (Wildman–Crippen LogP) is 2.27. The molecule has 2 aromatic rings. The van der Waals surface area contributed by atoms with E-state index in [1.54, 1.807) is 6.07 Å². The summed E-state index contributed by atoms with van der Waals surface area (Å²) in [6.07, 6.45) is 0.819. The van der Waals surface area contributed by atoms with Gasteiger partial charge < -0.3 is 4.74 Å². The number of aromatic nitrogens is 2. The lowest BCUT2D eigenvalue weighted by molar-refractivity contribution is 0.112. The SMILES string of the molecule is COc1nc(C)cc(-c2ccccc2C=O)n1. The molecule has 0 N–H and O–H groups in total. The summed E-state index contributed by atoms with van der Waals surface area (Å²) in [6.45, 7) is 1.86. The Kier molecular flexibility index (Phi) is 3.14. The highest BCUT2D eigenvalue weighted by molar-refractivity contribution is 5.86. The normalized spacial score (nSPS) is 10.0. The van der Waals surface area contributed by atoms with E-state index in [2.05, 4.69) is 9.97 Å². The number of aldehydes is 1. The standard InChI is InChI=1S/C13H12N2O2/c1-9-7-12(15-13(14-9)17-2)11-6-4-3-5-10(11)8-16/h3-8H,1-2H3. The van der Waals surface area contributed by atoms with Crippen molar-refractivity contribution in [3.63, 3.8) is 0 Å². The molecule has 86 valence electrons. The summed E-state index contributed by atoms with van der Waals surface area (Å²) < 4.78 is 5.02. The fraction of sp³-hybridized carbons (Fsp3) is 0.154. The van der Waals surface area contributed by atoms with Gasteiger partial charge in [-0.25, -0.2) is 4.98 Å². The summed E-state index contributed by atoms with van der Waals surface area (Å²) in [5.41, 5.74) is 2.88. The molecular formula is C13H12N2O2. The van der Waals surface area contributed by atoms with Crippen LogP contribution in [-0.2, 0) is 0 Å². The second-order valence-electron chi connectivity index (χ2n) is 3.59. The molecule has 17 heavy (non-hydrogen) atoms. The Morgan fingerprint density at radius 3 is 2.71 bits per heavy atom. The number of carbonyl (C=O) groups is 1. The van der Waals surface area contributed by atoms with E-state index in [9.17, 15) is 4.79 Å². The molecule has 0 radical (unpaired) electrons. The van der Waals surface area contributed by atoms with E-state index in [0.29, 0.717) is 17.3 Å². The minimum absolute atomic E-state index is 0.306. The highest BCUT2D eigenvalue weighted by Gasteiger charge is 2.08. The molecule has 0 atom stereocenters. The monoisotopic (exact) mass is 228 g/mol. The zero-order chi connectivity index (χ0) is 12.3. The van der Waals surface area contributed by atoms with Gasteiger partial charge in [0.15, 0.2) is 6.29 Å². The van der Waals surface area contributed by atoms with E-state index in [-0.39, 0.29) is 0 Å². The number of methoxy groups -OCH3 is 1. The molecule has 0 aliphatic heterocycles. The summed E-state index contributed by atoms with van der Waals surface area (Å²) in [4.78, 5) is 19.3. The zero-order valence-corrected chi connectivity index (χ0v) is 9.68. The van der Waals surface area contributed by atoms with Gasteiger partial charge >= 0.3 is 6.01 Å². The third kappa shape index (κ3) is 2.30. The average molecular weight is 228 g/mol. The predicted molar refractivity (Wildman–Crippen MR) is 64.1 cm³/mol. The smallest absolute Gasteiger partial charge is 0.316 e. The fourth-order valence-corrected chi connectivity index (χ4v) is 1.60. The lowest BCUT2D eigenvalue weighted by Gasteiger charge is -2.06. The Morgan fingerprint density at radius 1 is 1.24 bits per heavy atom. The van der Waals surface area contributed by atoms with Gasteiger partial charge in [-0.05, 0) is 13.0 Å². The summed E-state index contributed by atoms with van der Waals surface area (Å²) in [5.74, 6) is 0. The van der Waals surface area contributed by atoms with Gasteiger partial charge in [-0.15, -0.1) is 0 Å². The summed E-state index contributed by atoms with van der Waals surface area (Å²) in [7, 11) is 1.52. The van der Waals surface area contributed by atoms with Crippen molar-refractivity contribution in [1.29, 1.82) is 0 Å². The maximum Gasteiger partial charge on any atom is 0.316 e. The van der Waals surface area contributed by atoms with Crippen molar-refractivity contribution in [1.82, 2.24) is 9.97 Å². The van der Waals surface area contributed by atoms with Crippen LogP contribution < -0.4 is 4.74 Å². The first kappa shape index (κ1) is 11.3. The van der Waals surface area contributed by atoms with E-state index in [4.69, 9.17) is 4.74 Å². The molecule has 0 amide bonds. The molecule has 1 aromatic heterocycles. The summed E-state index contributed by atoms with van der Waals surface area (Å²) >= 11 is 0. The van der Waals surface area contributed by atoms with Crippen LogP contribution in [0.4, 0.5) is 0 Å². The van der Waals surface area contributed by atoms with Crippen molar-refractivity contribution in [2.45, 2.75) is 6.92 Å². The largest absolute Gasteiger partial charge is 0.467 e. The highest BCUT2D eigenvalue weighted by Crippen LogP contribution is 2.22. The van der Waals surface area contributed by atoms with Crippen LogP contribution in [0.3, 0.4) is 0 Å². The van der Waals surface area contributed by atoms with Gasteiger partial charge in [0.05, 0.1) is 12.8 Å². The van der Waals surface area contributed by atoms with E-state index in [1.807, 2.05) is 31.2 Å². The van der Waals surface area contributed by atoms with Crippen LogP contribution >= 0.6 is 0 Å². The topological polar surface area (TPSA) is 52.1 Å². The van der Waals surface area contributed by atoms with Crippen molar-refractivity contribution in [3.8, 4) is 17.3 Å². The zero-order valence-electron chi connectivity index (χ0n) is 9.68. The van der Waals surface area contributed by atoms with Crippen molar-refractivity contribution >= 4 is 6.29 Å². The average Bonchev–Trinajstić information content (AvgIpc) is 2.37. The van der Waals surface area contributed by atoms with Crippen molar-refractivity contribution in [2.75, 3.05) is 7.11 Å². The Labute approximate surface area is 99.3 Å². The maximum atomic E-state index is 11.0. The van der Waals surface area contributed by atoms with Gasteiger partial charge in [-0.3, -0.25) is 4.79 Å². The van der Waals surface area contributed by atoms with Gasteiger partial charge in [-0.1, -0.05) is 24.3 Å². The van der Waals surface area contributed by atoms with Gasteiger partial charge in [0, 0.05) is 16.8 Å². The molecule has 0 fully saturated rings. The molecule has 0 saturated heterocycles. The molecule has 0 bridgehead atoms. The van der Waals surface area contributed by atoms with Crippen LogP contribution in [0.15, 0.2) is 30.3 Å². The first-order valence-electron chi connectivity index (χ1n) is 5.19. The van der Waals surface area contributed by atoms with E-state index in [0.717, 1.165) is 17.5 Å². The van der Waals surface area contributed by atoms with Gasteiger partial charge in [-0.2, -0.15) is 4.98 Å². The minimum Gasteiger partial charge on any atom is -0.467 e. The Morgan fingerprint density at radius 2 is 2.00 bits per heavy atom. The van der Waals surface area contributed by atoms with Gasteiger partial charge in [0.1, 0.15) is 0 Å². The minimum atomic E-state index is 0.306.